The molecule has 4 aliphatic carbocycles. The summed E-state index contributed by atoms with van der Waals surface area (Å²) in [5.74, 6) is 7.65. The lowest BCUT2D eigenvalue weighted by Gasteiger charge is -2.61. The molecular weight excluding hydrogens is 336 g/mol. The van der Waals surface area contributed by atoms with Crippen LogP contribution in [0, 0.1) is 58.2 Å². The van der Waals surface area contributed by atoms with Gasteiger partial charge in [-0.1, -0.05) is 73.0 Å². The topological polar surface area (TPSA) is 0 Å². The molecule has 4 aliphatic rings. The van der Waals surface area contributed by atoms with Gasteiger partial charge in [0.05, 0.1) is 0 Å². The Morgan fingerprint density at radius 1 is 0.857 bits per heavy atom. The largest absolute Gasteiger partial charge is 0.0877 e. The Labute approximate surface area is 176 Å². The zero-order chi connectivity index (χ0) is 20.1. The third-order valence-electron chi connectivity index (χ3n) is 10.8. The van der Waals surface area contributed by atoms with Crippen molar-refractivity contribution < 1.29 is 0 Å². The van der Waals surface area contributed by atoms with Gasteiger partial charge in [0.1, 0.15) is 0 Å². The Kier molecular flexibility index (Phi) is 5.83. The van der Waals surface area contributed by atoms with Crippen molar-refractivity contribution >= 4 is 0 Å². The van der Waals surface area contributed by atoms with Crippen LogP contribution in [0.25, 0.3) is 0 Å². The van der Waals surface area contributed by atoms with Gasteiger partial charge in [0.2, 0.25) is 0 Å². The van der Waals surface area contributed by atoms with E-state index in [2.05, 4.69) is 53.7 Å². The summed E-state index contributed by atoms with van der Waals surface area (Å²) in [6, 6.07) is 0. The third kappa shape index (κ3) is 3.33. The summed E-state index contributed by atoms with van der Waals surface area (Å²) in [7, 11) is 0. The van der Waals surface area contributed by atoms with Gasteiger partial charge in [-0.25, -0.2) is 0 Å². The first kappa shape index (κ1) is 21.0. The molecule has 0 bridgehead atoms. The van der Waals surface area contributed by atoms with Crippen LogP contribution in [0.5, 0.6) is 0 Å². The summed E-state index contributed by atoms with van der Waals surface area (Å²) < 4.78 is 0. The highest BCUT2D eigenvalue weighted by Gasteiger charge is 2.60. The van der Waals surface area contributed by atoms with Crippen molar-refractivity contribution in [3.8, 4) is 0 Å². The highest BCUT2D eigenvalue weighted by atomic mass is 14.6. The van der Waals surface area contributed by atoms with Gasteiger partial charge in [-0.15, -0.1) is 0 Å². The van der Waals surface area contributed by atoms with Gasteiger partial charge in [-0.3, -0.25) is 0 Å². The molecule has 0 aromatic carbocycles. The van der Waals surface area contributed by atoms with Crippen LogP contribution in [0.3, 0.4) is 0 Å². The molecule has 0 heteroatoms. The van der Waals surface area contributed by atoms with E-state index in [4.69, 9.17) is 0 Å². The SMILES string of the molecule is CC(C)CCCC(C)C1CCC2C3CCC4C(C)C=CCC4(C)C3CCC12C. The Hall–Kier alpha value is -0.260. The van der Waals surface area contributed by atoms with Crippen molar-refractivity contribution in [1.29, 1.82) is 0 Å². The van der Waals surface area contributed by atoms with E-state index in [0.717, 1.165) is 47.3 Å². The Bertz CT molecular complexity index is 573. The minimum Gasteiger partial charge on any atom is -0.0877 e. The zero-order valence-electron chi connectivity index (χ0n) is 19.8. The van der Waals surface area contributed by atoms with Crippen molar-refractivity contribution in [2.75, 3.05) is 0 Å². The normalized spacial score (nSPS) is 48.8. The van der Waals surface area contributed by atoms with E-state index < -0.39 is 0 Å². The van der Waals surface area contributed by atoms with Crippen molar-refractivity contribution in [1.82, 2.24) is 0 Å². The van der Waals surface area contributed by atoms with Crippen molar-refractivity contribution in [3.63, 3.8) is 0 Å². The summed E-state index contributed by atoms with van der Waals surface area (Å²) in [5, 5.41) is 0. The van der Waals surface area contributed by atoms with Gasteiger partial charge < -0.3 is 0 Å². The van der Waals surface area contributed by atoms with E-state index >= 15 is 0 Å². The second-order valence-electron chi connectivity index (χ2n) is 12.6. The fourth-order valence-corrected chi connectivity index (χ4v) is 9.35. The molecule has 0 aromatic heterocycles. The quantitative estimate of drug-likeness (QED) is 0.417. The number of fused-ring (bicyclic) bond motifs is 5. The zero-order valence-corrected chi connectivity index (χ0v) is 19.8. The number of allylic oxidation sites excluding steroid dienone is 2. The maximum atomic E-state index is 2.74. The van der Waals surface area contributed by atoms with Gasteiger partial charge in [0.15, 0.2) is 0 Å². The summed E-state index contributed by atoms with van der Waals surface area (Å²) in [6.45, 7) is 15.3. The fourth-order valence-electron chi connectivity index (χ4n) is 9.35. The van der Waals surface area contributed by atoms with Gasteiger partial charge >= 0.3 is 0 Å². The van der Waals surface area contributed by atoms with Crippen LogP contribution in [0.15, 0.2) is 12.2 Å². The van der Waals surface area contributed by atoms with E-state index in [1.54, 1.807) is 6.42 Å². The molecule has 3 saturated carbocycles. The van der Waals surface area contributed by atoms with Gasteiger partial charge in [-0.2, -0.15) is 0 Å². The second-order valence-corrected chi connectivity index (χ2v) is 12.6. The van der Waals surface area contributed by atoms with Gasteiger partial charge in [-0.05, 0) is 103 Å². The van der Waals surface area contributed by atoms with E-state index in [-0.39, 0.29) is 0 Å². The van der Waals surface area contributed by atoms with Crippen LogP contribution < -0.4 is 0 Å². The first-order chi connectivity index (χ1) is 13.3. The highest BCUT2D eigenvalue weighted by molar-refractivity contribution is 5.13. The Balaban J connectivity index is 1.48. The lowest BCUT2D eigenvalue weighted by molar-refractivity contribution is -0.109. The summed E-state index contributed by atoms with van der Waals surface area (Å²) in [4.78, 5) is 0. The van der Waals surface area contributed by atoms with Crippen LogP contribution in [0.1, 0.15) is 106 Å². The highest BCUT2D eigenvalue weighted by Crippen LogP contribution is 2.68. The maximum absolute atomic E-state index is 2.74. The molecule has 0 N–H and O–H groups in total. The average Bonchev–Trinajstić information content (AvgIpc) is 2.98. The molecule has 0 aromatic rings. The monoisotopic (exact) mass is 384 g/mol. The van der Waals surface area contributed by atoms with Crippen LogP contribution >= 0.6 is 0 Å². The molecule has 0 radical (unpaired) electrons. The van der Waals surface area contributed by atoms with Crippen LogP contribution in [-0.2, 0) is 0 Å². The van der Waals surface area contributed by atoms with Gasteiger partial charge in [0.25, 0.3) is 0 Å². The molecule has 0 spiro atoms. The van der Waals surface area contributed by atoms with Crippen molar-refractivity contribution in [2.24, 2.45) is 58.2 Å². The lowest BCUT2D eigenvalue weighted by atomic mass is 9.44. The molecule has 0 amide bonds. The molecule has 160 valence electrons. The lowest BCUT2D eigenvalue weighted by Crippen LogP contribution is -2.53. The van der Waals surface area contributed by atoms with Crippen LogP contribution in [0.4, 0.5) is 0 Å². The predicted octanol–water partition coefficient (Wildman–Crippen LogP) is 8.52. The second kappa shape index (κ2) is 7.77. The summed E-state index contributed by atoms with van der Waals surface area (Å²) in [6.07, 6.45) is 20.0. The van der Waals surface area contributed by atoms with E-state index in [0.29, 0.717) is 10.8 Å². The predicted molar refractivity (Wildman–Crippen MR) is 122 cm³/mol. The molecule has 4 rings (SSSR count). The summed E-state index contributed by atoms with van der Waals surface area (Å²) in [5.41, 5.74) is 1.25. The van der Waals surface area contributed by atoms with Crippen molar-refractivity contribution in [3.05, 3.63) is 12.2 Å². The molecule has 0 heterocycles. The molecule has 3 fully saturated rings. The third-order valence-corrected chi connectivity index (χ3v) is 10.8. The molecule has 0 aliphatic heterocycles. The number of hydrogen-bond acceptors (Lipinski definition) is 0. The van der Waals surface area contributed by atoms with E-state index in [1.807, 2.05) is 0 Å². The van der Waals surface area contributed by atoms with Crippen molar-refractivity contribution in [2.45, 2.75) is 106 Å². The molecule has 28 heavy (non-hydrogen) atoms. The minimum absolute atomic E-state index is 0.597. The number of hydrogen-bond donors (Lipinski definition) is 0. The fraction of sp³-hybridized carbons (Fsp3) is 0.929. The molecule has 0 nitrogen and oxygen atoms in total. The number of rotatable bonds is 5. The van der Waals surface area contributed by atoms with E-state index in [1.165, 1.54) is 57.8 Å². The summed E-state index contributed by atoms with van der Waals surface area (Å²) >= 11 is 0. The first-order valence-corrected chi connectivity index (χ1v) is 12.9. The molecule has 0 saturated heterocycles. The molecule has 9 unspecified atom stereocenters. The standard InChI is InChI=1S/C28H48/c1-19(2)9-7-10-20(3)24-14-15-25-22-12-13-23-21(4)11-8-17-27(23,5)26(22)16-18-28(24,25)6/h8,11,19-26H,7,9-10,12-18H2,1-6H3. The van der Waals surface area contributed by atoms with Crippen LogP contribution in [0.2, 0.25) is 0 Å². The Morgan fingerprint density at radius 3 is 2.32 bits per heavy atom. The van der Waals surface area contributed by atoms with Crippen LogP contribution in [-0.4, -0.2) is 0 Å². The average molecular weight is 385 g/mol. The Morgan fingerprint density at radius 2 is 1.57 bits per heavy atom. The molecular formula is C28H48. The first-order valence-electron chi connectivity index (χ1n) is 12.9. The van der Waals surface area contributed by atoms with Gasteiger partial charge in [0, 0.05) is 0 Å². The maximum Gasteiger partial charge on any atom is -0.0226 e. The minimum atomic E-state index is 0.597. The molecule has 9 atom stereocenters. The van der Waals surface area contributed by atoms with E-state index in [9.17, 15) is 0 Å². The smallest absolute Gasteiger partial charge is 0.0226 e.